The van der Waals surface area contributed by atoms with Crippen LogP contribution in [0.4, 0.5) is 0 Å². The molecule has 1 aliphatic rings. The molecule has 3 N–H and O–H groups in total. The smallest absolute Gasteiger partial charge is 0.0995 e. The van der Waals surface area contributed by atoms with Crippen molar-refractivity contribution in [2.75, 3.05) is 26.7 Å². The van der Waals surface area contributed by atoms with E-state index in [1.54, 1.807) is 0 Å². The number of rotatable bonds is 6. The highest BCUT2D eigenvalue weighted by molar-refractivity contribution is 5.84. The fourth-order valence-electron chi connectivity index (χ4n) is 2.59. The zero-order valence-corrected chi connectivity index (χ0v) is 11.5. The third-order valence-corrected chi connectivity index (χ3v) is 3.61. The van der Waals surface area contributed by atoms with Crippen LogP contribution in [0.25, 0.3) is 0 Å². The van der Waals surface area contributed by atoms with Crippen molar-refractivity contribution in [1.82, 2.24) is 4.90 Å². The van der Waals surface area contributed by atoms with E-state index >= 15 is 0 Å². The molecule has 0 bridgehead atoms. The predicted octanol–water partition coefficient (Wildman–Crippen LogP) is 1.82. The summed E-state index contributed by atoms with van der Waals surface area (Å²) in [6.45, 7) is 2.56. The van der Waals surface area contributed by atoms with Crippen molar-refractivity contribution in [2.45, 2.75) is 24.9 Å². The second-order valence-electron chi connectivity index (χ2n) is 5.27. The SMILES string of the molecule is CN(CC1CCCO1)CC(C(=N)N)c1ccccc1. The number of amidine groups is 1. The Labute approximate surface area is 115 Å². The first-order chi connectivity index (χ1) is 9.16. The van der Waals surface area contributed by atoms with Gasteiger partial charge in [0, 0.05) is 19.7 Å². The van der Waals surface area contributed by atoms with Crippen LogP contribution >= 0.6 is 0 Å². The summed E-state index contributed by atoms with van der Waals surface area (Å²) in [5.74, 6) is 0.193. The Balaban J connectivity index is 1.94. The largest absolute Gasteiger partial charge is 0.387 e. The first-order valence-corrected chi connectivity index (χ1v) is 6.86. The summed E-state index contributed by atoms with van der Waals surface area (Å²) in [5, 5.41) is 7.79. The van der Waals surface area contributed by atoms with Crippen LogP contribution in [0.1, 0.15) is 24.3 Å². The molecule has 0 radical (unpaired) electrons. The van der Waals surface area contributed by atoms with Gasteiger partial charge >= 0.3 is 0 Å². The average molecular weight is 261 g/mol. The fourth-order valence-corrected chi connectivity index (χ4v) is 2.59. The topological polar surface area (TPSA) is 62.3 Å². The summed E-state index contributed by atoms with van der Waals surface area (Å²) in [6.07, 6.45) is 2.64. The maximum atomic E-state index is 7.79. The molecule has 1 aliphatic heterocycles. The van der Waals surface area contributed by atoms with Gasteiger partial charge in [-0.3, -0.25) is 5.41 Å². The normalized spacial score (nSPS) is 20.6. The molecular formula is C15H23N3O. The molecule has 1 heterocycles. The van der Waals surface area contributed by atoms with Crippen molar-refractivity contribution in [3.05, 3.63) is 35.9 Å². The van der Waals surface area contributed by atoms with Crippen molar-refractivity contribution in [2.24, 2.45) is 5.73 Å². The first kappa shape index (κ1) is 14.0. The molecular weight excluding hydrogens is 238 g/mol. The van der Waals surface area contributed by atoms with E-state index in [1.165, 1.54) is 0 Å². The molecule has 1 saturated heterocycles. The van der Waals surface area contributed by atoms with Crippen LogP contribution in [-0.4, -0.2) is 43.6 Å². The Morgan fingerprint density at radius 3 is 2.79 bits per heavy atom. The van der Waals surface area contributed by atoms with E-state index in [0.29, 0.717) is 6.10 Å². The van der Waals surface area contributed by atoms with E-state index in [1.807, 2.05) is 30.3 Å². The molecule has 19 heavy (non-hydrogen) atoms. The van der Waals surface area contributed by atoms with Crippen molar-refractivity contribution >= 4 is 5.84 Å². The van der Waals surface area contributed by atoms with E-state index in [-0.39, 0.29) is 11.8 Å². The Kier molecular flexibility index (Phi) is 4.93. The molecule has 2 unspecified atom stereocenters. The highest BCUT2D eigenvalue weighted by atomic mass is 16.5. The average Bonchev–Trinajstić information content (AvgIpc) is 2.89. The Bertz CT molecular complexity index is 401. The van der Waals surface area contributed by atoms with Crippen molar-refractivity contribution in [3.63, 3.8) is 0 Å². The Morgan fingerprint density at radius 2 is 2.21 bits per heavy atom. The van der Waals surface area contributed by atoms with Gasteiger partial charge in [-0.15, -0.1) is 0 Å². The highest BCUT2D eigenvalue weighted by Gasteiger charge is 2.21. The van der Waals surface area contributed by atoms with Gasteiger partial charge in [-0.2, -0.15) is 0 Å². The van der Waals surface area contributed by atoms with Crippen molar-refractivity contribution in [1.29, 1.82) is 5.41 Å². The quantitative estimate of drug-likeness (QED) is 0.606. The third kappa shape index (κ3) is 4.04. The zero-order valence-electron chi connectivity index (χ0n) is 11.5. The molecule has 4 heteroatoms. The van der Waals surface area contributed by atoms with E-state index in [0.717, 1.165) is 38.1 Å². The Morgan fingerprint density at radius 1 is 1.47 bits per heavy atom. The number of ether oxygens (including phenoxy) is 1. The van der Waals surface area contributed by atoms with Gasteiger partial charge in [-0.25, -0.2) is 0 Å². The highest BCUT2D eigenvalue weighted by Crippen LogP contribution is 2.18. The van der Waals surface area contributed by atoms with Crippen molar-refractivity contribution < 1.29 is 4.74 Å². The number of hydrogen-bond donors (Lipinski definition) is 2. The standard InChI is InChI=1S/C15H23N3O/c1-18(10-13-8-5-9-19-13)11-14(15(16)17)12-6-3-2-4-7-12/h2-4,6-7,13-14H,5,8-11H2,1H3,(H3,16,17). The summed E-state index contributed by atoms with van der Waals surface area (Å²) >= 11 is 0. The fraction of sp³-hybridized carbons (Fsp3) is 0.533. The zero-order chi connectivity index (χ0) is 13.7. The summed E-state index contributed by atoms with van der Waals surface area (Å²) in [5.41, 5.74) is 6.86. The Hall–Kier alpha value is -1.39. The lowest BCUT2D eigenvalue weighted by atomic mass is 9.97. The summed E-state index contributed by atoms with van der Waals surface area (Å²) in [4.78, 5) is 2.22. The summed E-state index contributed by atoms with van der Waals surface area (Å²) in [7, 11) is 2.07. The predicted molar refractivity (Wildman–Crippen MR) is 77.6 cm³/mol. The molecule has 0 saturated carbocycles. The number of hydrogen-bond acceptors (Lipinski definition) is 3. The molecule has 1 aromatic carbocycles. The molecule has 0 spiro atoms. The van der Waals surface area contributed by atoms with E-state index in [4.69, 9.17) is 15.9 Å². The van der Waals surface area contributed by atoms with Gasteiger partial charge in [0.05, 0.1) is 17.9 Å². The van der Waals surface area contributed by atoms with Crippen LogP contribution in [-0.2, 0) is 4.74 Å². The second-order valence-corrected chi connectivity index (χ2v) is 5.27. The number of nitrogens with zero attached hydrogens (tertiary/aromatic N) is 1. The van der Waals surface area contributed by atoms with Gasteiger partial charge in [-0.05, 0) is 25.5 Å². The van der Waals surface area contributed by atoms with Crippen LogP contribution in [0.15, 0.2) is 30.3 Å². The van der Waals surface area contributed by atoms with Crippen LogP contribution in [0.2, 0.25) is 0 Å². The first-order valence-electron chi connectivity index (χ1n) is 6.86. The maximum absolute atomic E-state index is 7.79. The molecule has 104 valence electrons. The van der Waals surface area contributed by atoms with Crippen LogP contribution in [0.5, 0.6) is 0 Å². The number of benzene rings is 1. The van der Waals surface area contributed by atoms with Gasteiger partial charge < -0.3 is 15.4 Å². The van der Waals surface area contributed by atoms with Gasteiger partial charge in [-0.1, -0.05) is 30.3 Å². The monoisotopic (exact) mass is 261 g/mol. The molecule has 2 rings (SSSR count). The molecule has 0 aromatic heterocycles. The lowest BCUT2D eigenvalue weighted by Crippen LogP contribution is -2.36. The molecule has 4 nitrogen and oxygen atoms in total. The lowest BCUT2D eigenvalue weighted by molar-refractivity contribution is 0.0809. The van der Waals surface area contributed by atoms with Crippen LogP contribution in [0.3, 0.4) is 0 Å². The molecule has 0 amide bonds. The number of nitrogens with one attached hydrogen (secondary N) is 1. The minimum absolute atomic E-state index is 0.0346. The van der Waals surface area contributed by atoms with Crippen LogP contribution in [0, 0.1) is 5.41 Å². The minimum Gasteiger partial charge on any atom is -0.387 e. The summed E-state index contributed by atoms with van der Waals surface area (Å²) < 4.78 is 5.64. The van der Waals surface area contributed by atoms with Gasteiger partial charge in [0.1, 0.15) is 0 Å². The van der Waals surface area contributed by atoms with Crippen molar-refractivity contribution in [3.8, 4) is 0 Å². The van der Waals surface area contributed by atoms with Gasteiger partial charge in [0.25, 0.3) is 0 Å². The minimum atomic E-state index is -0.0346. The number of likely N-dealkylation sites (N-methyl/N-ethyl adjacent to an activating group) is 1. The number of nitrogens with two attached hydrogens (primary N) is 1. The van der Waals surface area contributed by atoms with E-state index < -0.39 is 0 Å². The lowest BCUT2D eigenvalue weighted by Gasteiger charge is -2.25. The third-order valence-electron chi connectivity index (χ3n) is 3.61. The van der Waals surface area contributed by atoms with Crippen LogP contribution < -0.4 is 5.73 Å². The molecule has 0 aliphatic carbocycles. The van der Waals surface area contributed by atoms with Gasteiger partial charge in [0.15, 0.2) is 0 Å². The molecule has 1 aromatic rings. The second kappa shape index (κ2) is 6.68. The molecule has 1 fully saturated rings. The van der Waals surface area contributed by atoms with Gasteiger partial charge in [0.2, 0.25) is 0 Å². The maximum Gasteiger partial charge on any atom is 0.0995 e. The molecule has 2 atom stereocenters. The van der Waals surface area contributed by atoms with E-state index in [9.17, 15) is 0 Å². The van der Waals surface area contributed by atoms with E-state index in [2.05, 4.69) is 11.9 Å². The summed E-state index contributed by atoms with van der Waals surface area (Å²) in [6, 6.07) is 10.0.